The standard InChI is InChI=1S/C16H24N2O3/c1-4-13-11-18(8-7-17(13)2)10-12-5-6-14(16(19)20)15(9-12)21-3/h5-6,9,13H,4,7-8,10-11H2,1-3H3,(H,19,20). The zero-order chi connectivity index (χ0) is 15.4. The van der Waals surface area contributed by atoms with Gasteiger partial charge in [-0.2, -0.15) is 0 Å². The summed E-state index contributed by atoms with van der Waals surface area (Å²) in [5, 5.41) is 9.11. The molecule has 0 saturated carbocycles. The third kappa shape index (κ3) is 3.74. The van der Waals surface area contributed by atoms with Crippen LogP contribution in [0.1, 0.15) is 29.3 Å². The van der Waals surface area contributed by atoms with Crippen molar-refractivity contribution in [2.75, 3.05) is 33.8 Å². The SMILES string of the molecule is CCC1CN(Cc2ccc(C(=O)O)c(OC)c2)CCN1C. The van der Waals surface area contributed by atoms with Crippen LogP contribution in [-0.4, -0.2) is 60.7 Å². The number of methoxy groups -OCH3 is 1. The van der Waals surface area contributed by atoms with E-state index in [0.717, 1.165) is 38.2 Å². The first kappa shape index (κ1) is 15.8. The number of carboxylic acids is 1. The van der Waals surface area contributed by atoms with E-state index in [1.54, 1.807) is 6.07 Å². The van der Waals surface area contributed by atoms with Gasteiger partial charge >= 0.3 is 5.97 Å². The molecule has 5 heteroatoms. The molecular weight excluding hydrogens is 268 g/mol. The number of carboxylic acid groups (broad SMARTS) is 1. The summed E-state index contributed by atoms with van der Waals surface area (Å²) in [6, 6.07) is 5.94. The summed E-state index contributed by atoms with van der Waals surface area (Å²) in [5.74, 6) is -0.523. The number of aromatic carboxylic acids is 1. The molecule has 1 aliphatic rings. The molecule has 0 amide bonds. The van der Waals surface area contributed by atoms with Gasteiger partial charge in [0.1, 0.15) is 11.3 Å². The lowest BCUT2D eigenvalue weighted by Crippen LogP contribution is -2.50. The second kappa shape index (κ2) is 6.91. The molecule has 1 fully saturated rings. The zero-order valence-corrected chi connectivity index (χ0v) is 13.0. The molecule has 5 nitrogen and oxygen atoms in total. The van der Waals surface area contributed by atoms with Crippen LogP contribution in [0.25, 0.3) is 0 Å². The third-order valence-electron chi connectivity index (χ3n) is 4.24. The molecular formula is C16H24N2O3. The van der Waals surface area contributed by atoms with Gasteiger partial charge in [-0.1, -0.05) is 13.0 Å². The molecule has 1 N–H and O–H groups in total. The van der Waals surface area contributed by atoms with E-state index in [9.17, 15) is 4.79 Å². The van der Waals surface area contributed by atoms with Gasteiger partial charge in [-0.3, -0.25) is 4.90 Å². The van der Waals surface area contributed by atoms with Crippen LogP contribution in [0.15, 0.2) is 18.2 Å². The van der Waals surface area contributed by atoms with Crippen LogP contribution in [0.4, 0.5) is 0 Å². The van der Waals surface area contributed by atoms with Crippen LogP contribution in [0.3, 0.4) is 0 Å². The molecule has 0 aliphatic carbocycles. The van der Waals surface area contributed by atoms with Crippen molar-refractivity contribution in [1.29, 1.82) is 0 Å². The maximum Gasteiger partial charge on any atom is 0.339 e. The zero-order valence-electron chi connectivity index (χ0n) is 13.0. The molecule has 21 heavy (non-hydrogen) atoms. The molecule has 1 heterocycles. The van der Waals surface area contributed by atoms with E-state index in [1.165, 1.54) is 7.11 Å². The Balaban J connectivity index is 2.08. The first-order valence-electron chi connectivity index (χ1n) is 7.38. The van der Waals surface area contributed by atoms with Gasteiger partial charge in [-0.25, -0.2) is 4.79 Å². The summed E-state index contributed by atoms with van der Waals surface area (Å²) in [7, 11) is 3.69. The van der Waals surface area contributed by atoms with Crippen LogP contribution >= 0.6 is 0 Å². The van der Waals surface area contributed by atoms with Gasteiger partial charge < -0.3 is 14.7 Å². The summed E-state index contributed by atoms with van der Waals surface area (Å²) in [5.41, 5.74) is 1.31. The molecule has 0 aromatic heterocycles. The largest absolute Gasteiger partial charge is 0.496 e. The number of likely N-dealkylation sites (N-methyl/N-ethyl adjacent to an activating group) is 1. The Labute approximate surface area is 126 Å². The van der Waals surface area contributed by atoms with Crippen LogP contribution in [0.2, 0.25) is 0 Å². The Morgan fingerprint density at radius 1 is 1.43 bits per heavy atom. The van der Waals surface area contributed by atoms with E-state index in [2.05, 4.69) is 23.8 Å². The monoisotopic (exact) mass is 292 g/mol. The fourth-order valence-electron chi connectivity index (χ4n) is 2.86. The Morgan fingerprint density at radius 3 is 2.81 bits per heavy atom. The smallest absolute Gasteiger partial charge is 0.339 e. The van der Waals surface area contributed by atoms with E-state index in [1.807, 2.05) is 12.1 Å². The van der Waals surface area contributed by atoms with Crippen molar-refractivity contribution in [3.63, 3.8) is 0 Å². The highest BCUT2D eigenvalue weighted by Gasteiger charge is 2.23. The molecule has 0 spiro atoms. The van der Waals surface area contributed by atoms with Crippen LogP contribution < -0.4 is 4.74 Å². The van der Waals surface area contributed by atoms with E-state index in [4.69, 9.17) is 9.84 Å². The second-order valence-corrected chi connectivity index (χ2v) is 5.62. The maximum atomic E-state index is 11.1. The van der Waals surface area contributed by atoms with E-state index in [-0.39, 0.29) is 5.56 Å². The maximum absolute atomic E-state index is 11.1. The molecule has 0 radical (unpaired) electrons. The molecule has 1 unspecified atom stereocenters. The average molecular weight is 292 g/mol. The van der Waals surface area contributed by atoms with Crippen molar-refractivity contribution < 1.29 is 14.6 Å². The number of piperazine rings is 1. The Bertz CT molecular complexity index is 504. The molecule has 1 atom stereocenters. The van der Waals surface area contributed by atoms with Crippen molar-refractivity contribution in [2.45, 2.75) is 25.9 Å². The summed E-state index contributed by atoms with van der Waals surface area (Å²) >= 11 is 0. The third-order valence-corrected chi connectivity index (χ3v) is 4.24. The number of hydrogen-bond acceptors (Lipinski definition) is 4. The van der Waals surface area contributed by atoms with E-state index in [0.29, 0.717) is 11.8 Å². The van der Waals surface area contributed by atoms with Gasteiger partial charge in [-0.15, -0.1) is 0 Å². The fourth-order valence-corrected chi connectivity index (χ4v) is 2.86. The lowest BCUT2D eigenvalue weighted by Gasteiger charge is -2.39. The van der Waals surface area contributed by atoms with Gasteiger partial charge in [-0.05, 0) is 31.2 Å². The predicted molar refractivity (Wildman–Crippen MR) is 81.9 cm³/mol. The first-order valence-corrected chi connectivity index (χ1v) is 7.38. The topological polar surface area (TPSA) is 53.0 Å². The normalized spacial score (nSPS) is 20.4. The average Bonchev–Trinajstić information content (AvgIpc) is 2.48. The molecule has 1 saturated heterocycles. The van der Waals surface area contributed by atoms with Crippen LogP contribution in [0, 0.1) is 0 Å². The van der Waals surface area contributed by atoms with E-state index >= 15 is 0 Å². The molecule has 0 bridgehead atoms. The van der Waals surface area contributed by atoms with Gasteiger partial charge in [0.15, 0.2) is 0 Å². The summed E-state index contributed by atoms with van der Waals surface area (Å²) in [6.07, 6.45) is 1.15. The number of nitrogens with zero attached hydrogens (tertiary/aromatic N) is 2. The highest BCUT2D eigenvalue weighted by Crippen LogP contribution is 2.22. The van der Waals surface area contributed by atoms with Crippen LogP contribution in [0.5, 0.6) is 5.75 Å². The van der Waals surface area contributed by atoms with Crippen LogP contribution in [-0.2, 0) is 6.54 Å². The number of rotatable bonds is 5. The Kier molecular flexibility index (Phi) is 5.20. The molecule has 1 aliphatic heterocycles. The van der Waals surface area contributed by atoms with E-state index < -0.39 is 5.97 Å². The van der Waals surface area contributed by atoms with Gasteiger partial charge in [0, 0.05) is 32.2 Å². The summed E-state index contributed by atoms with van der Waals surface area (Å²) < 4.78 is 5.19. The Hall–Kier alpha value is -1.59. The van der Waals surface area contributed by atoms with Crippen molar-refractivity contribution in [3.05, 3.63) is 29.3 Å². The minimum Gasteiger partial charge on any atom is -0.496 e. The van der Waals surface area contributed by atoms with Crippen molar-refractivity contribution in [2.24, 2.45) is 0 Å². The van der Waals surface area contributed by atoms with Crippen molar-refractivity contribution in [1.82, 2.24) is 9.80 Å². The Morgan fingerprint density at radius 2 is 2.19 bits per heavy atom. The van der Waals surface area contributed by atoms with Crippen molar-refractivity contribution in [3.8, 4) is 5.75 Å². The number of benzene rings is 1. The van der Waals surface area contributed by atoms with Crippen molar-refractivity contribution >= 4 is 5.97 Å². The minimum atomic E-state index is -0.955. The lowest BCUT2D eigenvalue weighted by atomic mass is 10.1. The summed E-state index contributed by atoms with van der Waals surface area (Å²) in [6.45, 7) is 6.21. The molecule has 1 aromatic rings. The fraction of sp³-hybridized carbons (Fsp3) is 0.562. The van der Waals surface area contributed by atoms with Gasteiger partial charge in [0.2, 0.25) is 0 Å². The minimum absolute atomic E-state index is 0.214. The molecule has 2 rings (SSSR count). The summed E-state index contributed by atoms with van der Waals surface area (Å²) in [4.78, 5) is 15.9. The quantitative estimate of drug-likeness (QED) is 0.898. The van der Waals surface area contributed by atoms with Gasteiger partial charge in [0.05, 0.1) is 7.11 Å². The number of hydrogen-bond donors (Lipinski definition) is 1. The highest BCUT2D eigenvalue weighted by atomic mass is 16.5. The molecule has 1 aromatic carbocycles. The second-order valence-electron chi connectivity index (χ2n) is 5.62. The number of carbonyl (C=O) groups is 1. The van der Waals surface area contributed by atoms with Gasteiger partial charge in [0.25, 0.3) is 0 Å². The predicted octanol–water partition coefficient (Wildman–Crippen LogP) is 1.92. The lowest BCUT2D eigenvalue weighted by molar-refractivity contribution is 0.0693. The molecule has 116 valence electrons. The number of ether oxygens (including phenoxy) is 1. The first-order chi connectivity index (χ1) is 10.0. The highest BCUT2D eigenvalue weighted by molar-refractivity contribution is 5.90.